The molecule has 2 aliphatic heterocycles. The van der Waals surface area contributed by atoms with Crippen LogP contribution in [0.15, 0.2) is 30.5 Å². The summed E-state index contributed by atoms with van der Waals surface area (Å²) in [6.45, 7) is 2.62. The fourth-order valence-corrected chi connectivity index (χ4v) is 5.94. The number of ether oxygens (including phenoxy) is 5. The van der Waals surface area contributed by atoms with Crippen LogP contribution in [0.4, 0.5) is 11.4 Å². The summed E-state index contributed by atoms with van der Waals surface area (Å²) in [5, 5.41) is 13.9. The van der Waals surface area contributed by atoms with Gasteiger partial charge in [-0.15, -0.1) is 0 Å². The van der Waals surface area contributed by atoms with Gasteiger partial charge in [-0.2, -0.15) is 5.26 Å². The Bertz CT molecular complexity index is 1640. The fourth-order valence-electron chi connectivity index (χ4n) is 4.67. The van der Waals surface area contributed by atoms with Gasteiger partial charge in [0.1, 0.15) is 12.7 Å². The third-order valence-electron chi connectivity index (χ3n) is 6.81. The van der Waals surface area contributed by atoms with E-state index in [2.05, 4.69) is 33.1 Å². The van der Waals surface area contributed by atoms with Crippen LogP contribution in [0.1, 0.15) is 17.5 Å². The van der Waals surface area contributed by atoms with Gasteiger partial charge in [-0.25, -0.2) is 8.42 Å². The van der Waals surface area contributed by atoms with Crippen LogP contribution in [-0.2, 0) is 14.6 Å². The molecule has 0 radical (unpaired) electrons. The lowest BCUT2D eigenvalue weighted by molar-refractivity contribution is 0.174. The molecule has 11 nitrogen and oxygen atoms in total. The van der Waals surface area contributed by atoms with E-state index in [1.807, 2.05) is 12.1 Å². The van der Waals surface area contributed by atoms with Gasteiger partial charge in [-0.3, -0.25) is 4.98 Å². The minimum absolute atomic E-state index is 0.0561. The molecule has 0 atom stereocenters. The number of fused-ring (bicyclic) bond motifs is 2. The standard InChI is InChI=1S/C29H30N4O7S/c1-36-11-3-5-20-6-7-23(29-28(20)39-19-40-29)32-27-21(17-30)18-31-24-16-26(25(37-2)15-22(24)27)38-12-4-8-33-9-13-41(34,35)14-10-33/h6-7,15-16,18H,4,8-14,19H2,1-2H3,(H,31,32). The minimum Gasteiger partial charge on any atom is -0.493 e. The molecule has 0 amide bonds. The van der Waals surface area contributed by atoms with Crippen molar-refractivity contribution in [1.82, 2.24) is 9.88 Å². The van der Waals surface area contributed by atoms with Crippen LogP contribution in [0.2, 0.25) is 0 Å². The molecule has 12 heteroatoms. The predicted molar refractivity (Wildman–Crippen MR) is 153 cm³/mol. The fraction of sp³-hybridized carbons (Fsp3) is 0.379. The molecule has 2 aliphatic rings. The lowest BCUT2D eigenvalue weighted by Gasteiger charge is -2.26. The number of benzene rings is 2. The smallest absolute Gasteiger partial charge is 0.231 e. The van der Waals surface area contributed by atoms with E-state index >= 15 is 0 Å². The molecule has 214 valence electrons. The van der Waals surface area contributed by atoms with Crippen LogP contribution in [0.25, 0.3) is 10.9 Å². The highest BCUT2D eigenvalue weighted by molar-refractivity contribution is 7.91. The lowest BCUT2D eigenvalue weighted by atomic mass is 10.1. The van der Waals surface area contributed by atoms with E-state index < -0.39 is 9.84 Å². The highest BCUT2D eigenvalue weighted by Crippen LogP contribution is 2.44. The number of sulfone groups is 1. The monoisotopic (exact) mass is 578 g/mol. The van der Waals surface area contributed by atoms with Crippen molar-refractivity contribution in [2.45, 2.75) is 6.42 Å². The quantitative estimate of drug-likeness (QED) is 0.297. The SMILES string of the molecule is COCC#Cc1ccc(Nc2c(C#N)cnc3cc(OCCCN4CCS(=O)(=O)CC4)c(OC)cc23)c2c1OCO2. The predicted octanol–water partition coefficient (Wildman–Crippen LogP) is 3.08. The molecule has 1 fully saturated rings. The molecular weight excluding hydrogens is 548 g/mol. The van der Waals surface area contributed by atoms with Gasteiger partial charge >= 0.3 is 0 Å². The molecule has 0 bridgehead atoms. The molecule has 0 saturated carbocycles. The van der Waals surface area contributed by atoms with Crippen molar-refractivity contribution in [2.24, 2.45) is 0 Å². The van der Waals surface area contributed by atoms with E-state index in [0.717, 1.165) is 13.0 Å². The van der Waals surface area contributed by atoms with Crippen molar-refractivity contribution < 1.29 is 32.1 Å². The van der Waals surface area contributed by atoms with E-state index in [0.29, 0.717) is 82.7 Å². The van der Waals surface area contributed by atoms with Gasteiger partial charge in [0.2, 0.25) is 6.79 Å². The average Bonchev–Trinajstić information content (AvgIpc) is 3.48. The Morgan fingerprint density at radius 2 is 1.90 bits per heavy atom. The molecule has 5 rings (SSSR count). The minimum atomic E-state index is -2.90. The van der Waals surface area contributed by atoms with Crippen LogP contribution < -0.4 is 24.3 Å². The van der Waals surface area contributed by atoms with Gasteiger partial charge < -0.3 is 33.9 Å². The number of pyridine rings is 1. The highest BCUT2D eigenvalue weighted by atomic mass is 32.2. The maximum Gasteiger partial charge on any atom is 0.231 e. The van der Waals surface area contributed by atoms with Crippen LogP contribution >= 0.6 is 0 Å². The Labute approximate surface area is 238 Å². The first kappa shape index (κ1) is 28.3. The van der Waals surface area contributed by atoms with Crippen molar-refractivity contribution in [3.05, 3.63) is 41.6 Å². The Hall–Kier alpha value is -4.23. The van der Waals surface area contributed by atoms with Gasteiger partial charge in [0, 0.05) is 44.4 Å². The van der Waals surface area contributed by atoms with Crippen molar-refractivity contribution in [1.29, 1.82) is 5.26 Å². The summed E-state index contributed by atoms with van der Waals surface area (Å²) in [5.41, 5.74) is 2.78. The molecule has 3 aromatic rings. The number of hydrogen-bond donors (Lipinski definition) is 1. The van der Waals surface area contributed by atoms with Gasteiger partial charge in [-0.1, -0.05) is 11.8 Å². The number of rotatable bonds is 9. The normalized spacial score (nSPS) is 15.5. The Balaban J connectivity index is 1.37. The van der Waals surface area contributed by atoms with Crippen molar-refractivity contribution >= 4 is 32.1 Å². The zero-order valence-corrected chi connectivity index (χ0v) is 23.7. The Morgan fingerprint density at radius 3 is 2.66 bits per heavy atom. The van der Waals surface area contributed by atoms with Crippen molar-refractivity contribution in [3.63, 3.8) is 0 Å². The Kier molecular flexibility index (Phi) is 8.64. The summed E-state index contributed by atoms with van der Waals surface area (Å²) in [7, 11) is 0.231. The zero-order chi connectivity index (χ0) is 28.8. The molecule has 0 spiro atoms. The molecule has 3 heterocycles. The Morgan fingerprint density at radius 1 is 1.10 bits per heavy atom. The average molecular weight is 579 g/mol. The summed E-state index contributed by atoms with van der Waals surface area (Å²) >= 11 is 0. The molecule has 0 unspecified atom stereocenters. The first-order valence-corrected chi connectivity index (χ1v) is 14.9. The van der Waals surface area contributed by atoms with E-state index in [9.17, 15) is 13.7 Å². The summed E-state index contributed by atoms with van der Waals surface area (Å²) in [4.78, 5) is 6.62. The van der Waals surface area contributed by atoms with Gasteiger partial charge in [-0.05, 0) is 24.6 Å². The van der Waals surface area contributed by atoms with E-state index in [1.54, 1.807) is 26.4 Å². The van der Waals surface area contributed by atoms with Crippen molar-refractivity contribution in [3.8, 4) is 40.9 Å². The molecule has 0 aliphatic carbocycles. The number of nitrogens with zero attached hydrogens (tertiary/aromatic N) is 3. The highest BCUT2D eigenvalue weighted by Gasteiger charge is 2.24. The van der Waals surface area contributed by atoms with E-state index in [1.165, 1.54) is 6.20 Å². The molecule has 41 heavy (non-hydrogen) atoms. The summed E-state index contributed by atoms with van der Waals surface area (Å²) in [6.07, 6.45) is 2.24. The van der Waals surface area contributed by atoms with Crippen LogP contribution in [-0.4, -0.2) is 83.7 Å². The molecule has 1 saturated heterocycles. The number of aromatic nitrogens is 1. The molecule has 1 aromatic heterocycles. The largest absolute Gasteiger partial charge is 0.493 e. The number of methoxy groups -OCH3 is 2. The van der Waals surface area contributed by atoms with E-state index in [4.69, 9.17) is 23.7 Å². The summed E-state index contributed by atoms with van der Waals surface area (Å²) < 4.78 is 51.4. The van der Waals surface area contributed by atoms with Crippen LogP contribution in [0, 0.1) is 23.2 Å². The number of nitriles is 1. The van der Waals surface area contributed by atoms with Crippen LogP contribution in [0.5, 0.6) is 23.0 Å². The van der Waals surface area contributed by atoms with Crippen LogP contribution in [0.3, 0.4) is 0 Å². The zero-order valence-electron chi connectivity index (χ0n) is 22.9. The maximum absolute atomic E-state index is 11.6. The molecule has 1 N–H and O–H groups in total. The second kappa shape index (κ2) is 12.5. The lowest BCUT2D eigenvalue weighted by Crippen LogP contribution is -2.40. The number of nitrogens with one attached hydrogen (secondary N) is 1. The van der Waals surface area contributed by atoms with Gasteiger partial charge in [0.15, 0.2) is 32.8 Å². The third kappa shape index (κ3) is 6.41. The maximum atomic E-state index is 11.6. The first-order chi connectivity index (χ1) is 19.9. The molecular formula is C29H30N4O7S. The first-order valence-electron chi connectivity index (χ1n) is 13.1. The second-order valence-electron chi connectivity index (χ2n) is 9.46. The molecule has 2 aromatic carbocycles. The summed E-state index contributed by atoms with van der Waals surface area (Å²) in [6, 6.07) is 9.42. The van der Waals surface area contributed by atoms with Gasteiger partial charge in [0.25, 0.3) is 0 Å². The number of hydrogen-bond acceptors (Lipinski definition) is 11. The van der Waals surface area contributed by atoms with Gasteiger partial charge in [0.05, 0.1) is 53.2 Å². The third-order valence-corrected chi connectivity index (χ3v) is 8.41. The van der Waals surface area contributed by atoms with Crippen molar-refractivity contribution in [2.75, 3.05) is 70.7 Å². The van der Waals surface area contributed by atoms with E-state index in [-0.39, 0.29) is 18.3 Å². The second-order valence-corrected chi connectivity index (χ2v) is 11.8. The number of anilines is 2. The topological polar surface area (TPSA) is 132 Å². The summed E-state index contributed by atoms with van der Waals surface area (Å²) in [5.74, 6) is 8.40.